The number of halogens is 1. The molecule has 0 saturated heterocycles. The van der Waals surface area contributed by atoms with Crippen LogP contribution < -0.4 is 10.9 Å². The molecule has 0 fully saturated rings. The first kappa shape index (κ1) is 20.8. The predicted octanol–water partition coefficient (Wildman–Crippen LogP) is 4.49. The van der Waals surface area contributed by atoms with Crippen LogP contribution in [0.4, 0.5) is 4.39 Å². The van der Waals surface area contributed by atoms with E-state index in [4.69, 9.17) is 0 Å². The van der Waals surface area contributed by atoms with E-state index < -0.39 is 5.82 Å². The standard InChI is InChI=1S/C24H20FN3O2S/c1-16(17-9-3-2-4-10-17)26-22(29)15-31-24-27-20-13-7-5-11-18(20)23(30)28(24)21-14-8-6-12-19(21)25/h2-14,16H,15H2,1H3,(H,26,29)/t16-/m1/s1. The van der Waals surface area contributed by atoms with Crippen LogP contribution >= 0.6 is 11.8 Å². The number of benzene rings is 3. The van der Waals surface area contributed by atoms with Crippen molar-refractivity contribution in [3.8, 4) is 5.69 Å². The lowest BCUT2D eigenvalue weighted by molar-refractivity contribution is -0.119. The minimum absolute atomic E-state index is 0.0381. The van der Waals surface area contributed by atoms with Crippen LogP contribution in [0, 0.1) is 5.82 Å². The molecular formula is C24H20FN3O2S. The highest BCUT2D eigenvalue weighted by Crippen LogP contribution is 2.23. The number of aromatic nitrogens is 2. The molecule has 0 aliphatic carbocycles. The number of nitrogens with one attached hydrogen (secondary N) is 1. The third kappa shape index (κ3) is 4.51. The Morgan fingerprint density at radius 2 is 1.71 bits per heavy atom. The lowest BCUT2D eigenvalue weighted by Gasteiger charge is -2.16. The molecule has 0 aliphatic rings. The summed E-state index contributed by atoms with van der Waals surface area (Å²) in [5, 5.41) is 3.59. The first-order chi connectivity index (χ1) is 15.0. The fourth-order valence-electron chi connectivity index (χ4n) is 3.29. The van der Waals surface area contributed by atoms with E-state index in [1.807, 2.05) is 37.3 Å². The van der Waals surface area contributed by atoms with Gasteiger partial charge in [-0.05, 0) is 36.8 Å². The van der Waals surface area contributed by atoms with Crippen LogP contribution in [0.25, 0.3) is 16.6 Å². The molecule has 1 heterocycles. The van der Waals surface area contributed by atoms with Gasteiger partial charge in [0, 0.05) is 0 Å². The average molecular weight is 434 g/mol. The Balaban J connectivity index is 1.64. The van der Waals surface area contributed by atoms with Gasteiger partial charge >= 0.3 is 0 Å². The number of rotatable bonds is 6. The van der Waals surface area contributed by atoms with Crippen molar-refractivity contribution < 1.29 is 9.18 Å². The molecule has 0 bridgehead atoms. The number of para-hydroxylation sites is 2. The Morgan fingerprint density at radius 1 is 1.03 bits per heavy atom. The molecule has 0 spiro atoms. The van der Waals surface area contributed by atoms with Crippen LogP contribution in [0.3, 0.4) is 0 Å². The van der Waals surface area contributed by atoms with Crippen LogP contribution in [0.5, 0.6) is 0 Å². The lowest BCUT2D eigenvalue weighted by atomic mass is 10.1. The highest BCUT2D eigenvalue weighted by atomic mass is 32.2. The van der Waals surface area contributed by atoms with E-state index in [1.54, 1.807) is 36.4 Å². The van der Waals surface area contributed by atoms with Gasteiger partial charge in [-0.3, -0.25) is 14.2 Å². The van der Waals surface area contributed by atoms with Crippen molar-refractivity contribution in [1.29, 1.82) is 0 Å². The van der Waals surface area contributed by atoms with Crippen LogP contribution in [0.15, 0.2) is 88.8 Å². The van der Waals surface area contributed by atoms with Crippen LogP contribution in [0.1, 0.15) is 18.5 Å². The number of hydrogen-bond donors (Lipinski definition) is 1. The molecule has 1 aromatic heterocycles. The Labute approximate surface area is 182 Å². The first-order valence-electron chi connectivity index (χ1n) is 9.78. The number of amides is 1. The van der Waals surface area contributed by atoms with E-state index >= 15 is 0 Å². The van der Waals surface area contributed by atoms with E-state index in [0.717, 1.165) is 17.3 Å². The monoisotopic (exact) mass is 433 g/mol. The SMILES string of the molecule is C[C@@H](NC(=O)CSc1nc2ccccc2c(=O)n1-c1ccccc1F)c1ccccc1. The molecule has 3 aromatic carbocycles. The van der Waals surface area contributed by atoms with Gasteiger partial charge < -0.3 is 5.32 Å². The summed E-state index contributed by atoms with van der Waals surface area (Å²) < 4.78 is 15.8. The Hall–Kier alpha value is -3.45. The summed E-state index contributed by atoms with van der Waals surface area (Å²) in [7, 11) is 0. The molecule has 1 amide bonds. The van der Waals surface area contributed by atoms with Crippen molar-refractivity contribution >= 4 is 28.6 Å². The van der Waals surface area contributed by atoms with E-state index in [2.05, 4.69) is 10.3 Å². The summed E-state index contributed by atoms with van der Waals surface area (Å²) in [6, 6.07) is 22.4. The maximum absolute atomic E-state index is 14.5. The second-order valence-electron chi connectivity index (χ2n) is 6.99. The summed E-state index contributed by atoms with van der Waals surface area (Å²) in [4.78, 5) is 30.2. The van der Waals surface area contributed by atoms with Gasteiger partial charge in [-0.1, -0.05) is 66.4 Å². The fraction of sp³-hybridized carbons (Fsp3) is 0.125. The fourth-order valence-corrected chi connectivity index (χ4v) is 4.11. The minimum Gasteiger partial charge on any atom is -0.349 e. The zero-order chi connectivity index (χ0) is 21.8. The van der Waals surface area contributed by atoms with Crippen LogP contribution in [0.2, 0.25) is 0 Å². The number of thioether (sulfide) groups is 1. The summed E-state index contributed by atoms with van der Waals surface area (Å²) >= 11 is 1.10. The number of nitrogens with zero attached hydrogens (tertiary/aromatic N) is 2. The van der Waals surface area contributed by atoms with Crippen LogP contribution in [-0.2, 0) is 4.79 Å². The molecule has 0 radical (unpaired) electrons. The molecule has 1 atom stereocenters. The minimum atomic E-state index is -0.536. The molecule has 156 valence electrons. The Bertz CT molecular complexity index is 1290. The van der Waals surface area contributed by atoms with Crippen molar-refractivity contribution in [2.45, 2.75) is 18.1 Å². The van der Waals surface area contributed by atoms with Crippen LogP contribution in [-0.4, -0.2) is 21.2 Å². The van der Waals surface area contributed by atoms with Crippen molar-refractivity contribution in [2.24, 2.45) is 0 Å². The third-order valence-corrected chi connectivity index (χ3v) is 5.79. The molecule has 1 N–H and O–H groups in total. The normalized spacial score (nSPS) is 11.9. The molecule has 31 heavy (non-hydrogen) atoms. The van der Waals surface area contributed by atoms with Gasteiger partial charge in [0.2, 0.25) is 5.91 Å². The summed E-state index contributed by atoms with van der Waals surface area (Å²) in [6.07, 6.45) is 0. The Morgan fingerprint density at radius 3 is 2.48 bits per heavy atom. The smallest absolute Gasteiger partial charge is 0.266 e. The van der Waals surface area contributed by atoms with Gasteiger partial charge in [0.15, 0.2) is 5.16 Å². The van der Waals surface area contributed by atoms with Gasteiger partial charge in [-0.25, -0.2) is 9.37 Å². The molecule has 4 rings (SSSR count). The highest BCUT2D eigenvalue weighted by Gasteiger charge is 2.17. The van der Waals surface area contributed by atoms with E-state index in [-0.39, 0.29) is 34.1 Å². The molecular weight excluding hydrogens is 413 g/mol. The number of carbonyl (C=O) groups excluding carboxylic acids is 1. The van der Waals surface area contributed by atoms with E-state index in [0.29, 0.717) is 10.9 Å². The lowest BCUT2D eigenvalue weighted by Crippen LogP contribution is -2.29. The molecule has 4 aromatic rings. The maximum atomic E-state index is 14.5. The third-order valence-electron chi connectivity index (χ3n) is 4.85. The molecule has 0 aliphatic heterocycles. The van der Waals surface area contributed by atoms with Crippen molar-refractivity contribution in [3.63, 3.8) is 0 Å². The van der Waals surface area contributed by atoms with E-state index in [9.17, 15) is 14.0 Å². The van der Waals surface area contributed by atoms with Crippen molar-refractivity contribution in [3.05, 3.63) is 101 Å². The summed E-state index contributed by atoms with van der Waals surface area (Å²) in [5.41, 5.74) is 1.22. The number of fused-ring (bicyclic) bond motifs is 1. The second-order valence-corrected chi connectivity index (χ2v) is 7.93. The molecule has 5 nitrogen and oxygen atoms in total. The number of carbonyl (C=O) groups is 1. The second kappa shape index (κ2) is 9.14. The summed E-state index contributed by atoms with van der Waals surface area (Å²) in [5.74, 6) is -0.703. The van der Waals surface area contributed by atoms with Gasteiger partial charge in [-0.2, -0.15) is 0 Å². The zero-order valence-corrected chi connectivity index (χ0v) is 17.6. The summed E-state index contributed by atoms with van der Waals surface area (Å²) in [6.45, 7) is 1.90. The largest absolute Gasteiger partial charge is 0.349 e. The quantitative estimate of drug-likeness (QED) is 0.359. The van der Waals surface area contributed by atoms with Crippen molar-refractivity contribution in [1.82, 2.24) is 14.9 Å². The molecule has 0 unspecified atom stereocenters. The number of hydrogen-bond acceptors (Lipinski definition) is 4. The molecule has 0 saturated carbocycles. The highest BCUT2D eigenvalue weighted by molar-refractivity contribution is 7.99. The first-order valence-corrected chi connectivity index (χ1v) is 10.8. The van der Waals surface area contributed by atoms with E-state index in [1.165, 1.54) is 16.7 Å². The Kier molecular flexibility index (Phi) is 6.13. The van der Waals surface area contributed by atoms with Crippen molar-refractivity contribution in [2.75, 3.05) is 5.75 Å². The molecule has 7 heteroatoms. The van der Waals surface area contributed by atoms with Gasteiger partial charge in [0.1, 0.15) is 5.82 Å². The maximum Gasteiger partial charge on any atom is 0.266 e. The topological polar surface area (TPSA) is 64.0 Å². The zero-order valence-electron chi connectivity index (χ0n) is 16.8. The predicted molar refractivity (Wildman–Crippen MR) is 121 cm³/mol. The van der Waals surface area contributed by atoms with Gasteiger partial charge in [0.25, 0.3) is 5.56 Å². The van der Waals surface area contributed by atoms with Gasteiger partial charge in [-0.15, -0.1) is 0 Å². The average Bonchev–Trinajstić information content (AvgIpc) is 2.79. The van der Waals surface area contributed by atoms with Gasteiger partial charge in [0.05, 0.1) is 28.4 Å².